The molecule has 2 heteroatoms. The molecular formula is C17H31OP. The van der Waals surface area contributed by atoms with Crippen molar-refractivity contribution in [3.63, 3.8) is 0 Å². The van der Waals surface area contributed by atoms with E-state index in [0.29, 0.717) is 16.5 Å². The van der Waals surface area contributed by atoms with Crippen LogP contribution in [0, 0.1) is 22.2 Å². The van der Waals surface area contributed by atoms with Crippen molar-refractivity contribution in [2.24, 2.45) is 22.2 Å². The largest absolute Gasteiger partial charge is 0.323 e. The van der Waals surface area contributed by atoms with Crippen LogP contribution >= 0.6 is 7.14 Å². The Kier molecular flexibility index (Phi) is 2.50. The minimum Gasteiger partial charge on any atom is -0.323 e. The first-order valence-electron chi connectivity index (χ1n) is 7.99. The third-order valence-electron chi connectivity index (χ3n) is 8.48. The standard InChI is InChI=1S/C17H31OP/c1-14(2)11-19(18,16(14,5)6)13-10-12-8-9-17(13,7)15(12,3)4/h12-13H,8-11H2,1-7H3/t12-,13+,17+,19?/m0/s1. The fourth-order valence-corrected chi connectivity index (χ4v) is 11.5. The van der Waals surface area contributed by atoms with Gasteiger partial charge in [0.2, 0.25) is 0 Å². The predicted octanol–water partition coefficient (Wildman–Crippen LogP) is 5.38. The molecule has 0 radical (unpaired) electrons. The molecule has 3 rings (SSSR count). The van der Waals surface area contributed by atoms with Gasteiger partial charge in [0.15, 0.2) is 0 Å². The van der Waals surface area contributed by atoms with Crippen molar-refractivity contribution in [1.29, 1.82) is 0 Å². The van der Waals surface area contributed by atoms with Crippen LogP contribution in [0.15, 0.2) is 0 Å². The molecule has 0 aromatic heterocycles. The van der Waals surface area contributed by atoms with E-state index in [-0.39, 0.29) is 10.6 Å². The molecule has 0 N–H and O–H groups in total. The maximum atomic E-state index is 13.8. The zero-order chi connectivity index (χ0) is 14.5. The summed E-state index contributed by atoms with van der Waals surface area (Å²) in [6, 6.07) is 0. The third kappa shape index (κ3) is 1.28. The Morgan fingerprint density at radius 3 is 1.89 bits per heavy atom. The zero-order valence-electron chi connectivity index (χ0n) is 13.8. The lowest BCUT2D eigenvalue weighted by Crippen LogP contribution is -2.57. The molecule has 0 amide bonds. The van der Waals surface area contributed by atoms with Crippen molar-refractivity contribution < 1.29 is 4.57 Å². The number of hydrogen-bond acceptors (Lipinski definition) is 1. The monoisotopic (exact) mass is 282 g/mol. The Labute approximate surface area is 119 Å². The van der Waals surface area contributed by atoms with E-state index >= 15 is 0 Å². The molecule has 1 saturated heterocycles. The fourth-order valence-electron chi connectivity index (χ4n) is 5.69. The fraction of sp³-hybridized carbons (Fsp3) is 1.00. The lowest BCUT2D eigenvalue weighted by atomic mass is 9.71. The van der Waals surface area contributed by atoms with Crippen LogP contribution in [0.4, 0.5) is 0 Å². The average Bonchev–Trinajstić information content (AvgIpc) is 2.59. The summed E-state index contributed by atoms with van der Waals surface area (Å²) >= 11 is 0. The first kappa shape index (κ1) is 14.2. The lowest BCUT2D eigenvalue weighted by Gasteiger charge is -2.63. The van der Waals surface area contributed by atoms with Crippen molar-refractivity contribution in [2.45, 2.75) is 78.5 Å². The molecule has 2 saturated carbocycles. The summed E-state index contributed by atoms with van der Waals surface area (Å²) in [4.78, 5) is 0. The Balaban J connectivity index is 2.01. The Hall–Kier alpha value is 0.230. The van der Waals surface area contributed by atoms with Crippen LogP contribution in [-0.2, 0) is 4.57 Å². The molecule has 2 aliphatic carbocycles. The quantitative estimate of drug-likeness (QED) is 0.590. The van der Waals surface area contributed by atoms with Crippen LogP contribution in [0.5, 0.6) is 0 Å². The minimum absolute atomic E-state index is 0.0359. The van der Waals surface area contributed by atoms with Crippen LogP contribution in [0.3, 0.4) is 0 Å². The molecule has 1 aliphatic heterocycles. The number of rotatable bonds is 1. The summed E-state index contributed by atoms with van der Waals surface area (Å²) in [7, 11) is -2.05. The molecule has 4 atom stereocenters. The van der Waals surface area contributed by atoms with Crippen molar-refractivity contribution in [2.75, 3.05) is 6.16 Å². The van der Waals surface area contributed by atoms with E-state index in [1.807, 2.05) is 0 Å². The minimum atomic E-state index is -2.05. The van der Waals surface area contributed by atoms with Crippen LogP contribution < -0.4 is 0 Å². The molecule has 3 aliphatic rings. The van der Waals surface area contributed by atoms with Crippen molar-refractivity contribution >= 4 is 7.14 Å². The normalized spacial score (nSPS) is 53.0. The summed E-state index contributed by atoms with van der Waals surface area (Å²) in [6.45, 7) is 16.5. The number of hydrogen-bond donors (Lipinski definition) is 0. The van der Waals surface area contributed by atoms with Gasteiger partial charge in [-0.25, -0.2) is 0 Å². The second-order valence-corrected chi connectivity index (χ2v) is 13.2. The van der Waals surface area contributed by atoms with E-state index < -0.39 is 7.14 Å². The summed E-state index contributed by atoms with van der Waals surface area (Å²) in [5, 5.41) is 0.0359. The second kappa shape index (κ2) is 3.34. The van der Waals surface area contributed by atoms with E-state index in [4.69, 9.17) is 0 Å². The molecule has 19 heavy (non-hydrogen) atoms. The first-order chi connectivity index (χ1) is 8.40. The molecule has 0 aromatic rings. The average molecular weight is 282 g/mol. The van der Waals surface area contributed by atoms with Crippen molar-refractivity contribution in [1.82, 2.24) is 0 Å². The van der Waals surface area contributed by atoms with Crippen LogP contribution in [0.1, 0.15) is 67.7 Å². The van der Waals surface area contributed by atoms with Gasteiger partial charge < -0.3 is 4.57 Å². The SMILES string of the molecule is CC1(C)CP(=O)([C@@H]2C[C@@H]3CC[C@@]2(C)C3(C)C)C1(C)C. The Morgan fingerprint density at radius 1 is 1.00 bits per heavy atom. The van der Waals surface area contributed by atoms with E-state index in [2.05, 4.69) is 48.5 Å². The van der Waals surface area contributed by atoms with Gasteiger partial charge in [-0.15, -0.1) is 0 Å². The smallest absolute Gasteiger partial charge is 0.0976 e. The van der Waals surface area contributed by atoms with Gasteiger partial charge in [-0.05, 0) is 41.4 Å². The Bertz CT molecular complexity index is 474. The molecule has 0 aromatic carbocycles. The van der Waals surface area contributed by atoms with Gasteiger partial charge in [-0.3, -0.25) is 0 Å². The summed E-state index contributed by atoms with van der Waals surface area (Å²) < 4.78 is 13.8. The first-order valence-corrected chi connectivity index (χ1v) is 9.95. The highest BCUT2D eigenvalue weighted by Gasteiger charge is 2.73. The Morgan fingerprint density at radius 2 is 1.58 bits per heavy atom. The van der Waals surface area contributed by atoms with Gasteiger partial charge in [0.05, 0.1) is 7.14 Å². The lowest BCUT2D eigenvalue weighted by molar-refractivity contribution is 0.146. The van der Waals surface area contributed by atoms with Crippen LogP contribution in [0.25, 0.3) is 0 Å². The van der Waals surface area contributed by atoms with Gasteiger partial charge in [0, 0.05) is 17.0 Å². The van der Waals surface area contributed by atoms with E-state index in [0.717, 1.165) is 12.1 Å². The molecule has 1 nitrogen and oxygen atoms in total. The number of fused-ring (bicyclic) bond motifs is 2. The molecule has 1 heterocycles. The molecule has 0 spiro atoms. The molecular weight excluding hydrogens is 251 g/mol. The maximum absolute atomic E-state index is 13.8. The third-order valence-corrected chi connectivity index (χ3v) is 14.0. The van der Waals surface area contributed by atoms with Gasteiger partial charge in [-0.1, -0.05) is 48.5 Å². The van der Waals surface area contributed by atoms with Gasteiger partial charge >= 0.3 is 0 Å². The van der Waals surface area contributed by atoms with Crippen LogP contribution in [0.2, 0.25) is 0 Å². The predicted molar refractivity (Wildman–Crippen MR) is 83.4 cm³/mol. The van der Waals surface area contributed by atoms with E-state index in [9.17, 15) is 4.57 Å². The molecule has 110 valence electrons. The van der Waals surface area contributed by atoms with Crippen molar-refractivity contribution in [3.05, 3.63) is 0 Å². The van der Waals surface area contributed by atoms with Gasteiger partial charge in [0.25, 0.3) is 0 Å². The van der Waals surface area contributed by atoms with E-state index in [1.165, 1.54) is 19.3 Å². The van der Waals surface area contributed by atoms with Gasteiger partial charge in [-0.2, -0.15) is 0 Å². The van der Waals surface area contributed by atoms with Gasteiger partial charge in [0.1, 0.15) is 0 Å². The highest BCUT2D eigenvalue weighted by atomic mass is 31.2. The van der Waals surface area contributed by atoms with Crippen molar-refractivity contribution in [3.8, 4) is 0 Å². The van der Waals surface area contributed by atoms with E-state index in [1.54, 1.807) is 0 Å². The second-order valence-electron chi connectivity index (χ2n) is 9.52. The highest BCUT2D eigenvalue weighted by molar-refractivity contribution is 7.68. The molecule has 2 bridgehead atoms. The maximum Gasteiger partial charge on any atom is 0.0976 e. The topological polar surface area (TPSA) is 17.1 Å². The summed E-state index contributed by atoms with van der Waals surface area (Å²) in [5.74, 6) is 0.813. The molecule has 1 unspecified atom stereocenters. The summed E-state index contributed by atoms with van der Waals surface area (Å²) in [6.07, 6.45) is 4.88. The zero-order valence-corrected chi connectivity index (χ0v) is 14.7. The highest BCUT2D eigenvalue weighted by Crippen LogP contribution is 2.86. The molecule has 3 fully saturated rings. The van der Waals surface area contributed by atoms with Crippen LogP contribution in [-0.4, -0.2) is 17.0 Å². The summed E-state index contributed by atoms with van der Waals surface area (Å²) in [5.41, 5.74) is 1.47.